The van der Waals surface area contributed by atoms with Gasteiger partial charge in [0.05, 0.1) is 6.33 Å². The summed E-state index contributed by atoms with van der Waals surface area (Å²) in [6.45, 7) is 1.45. The van der Waals surface area contributed by atoms with Crippen LogP contribution in [0.1, 0.15) is 62.5 Å². The van der Waals surface area contributed by atoms with Crippen molar-refractivity contribution in [1.82, 2.24) is 14.9 Å². The van der Waals surface area contributed by atoms with E-state index in [9.17, 15) is 4.79 Å². The van der Waals surface area contributed by atoms with Crippen LogP contribution in [0.4, 0.5) is 0 Å². The molecule has 0 bridgehead atoms. The van der Waals surface area contributed by atoms with Crippen LogP contribution >= 0.6 is 0 Å². The Bertz CT molecular complexity index is 628. The van der Waals surface area contributed by atoms with Crippen molar-refractivity contribution >= 4 is 5.91 Å². The number of aromatic nitrogens is 2. The molecule has 0 atom stereocenters. The maximum Gasteiger partial charge on any atom is 0.220 e. The molecule has 1 fully saturated rings. The largest absolute Gasteiger partial charge is 0.352 e. The maximum absolute atomic E-state index is 12.0. The van der Waals surface area contributed by atoms with Crippen LogP contribution in [0, 0.1) is 5.92 Å². The molecule has 1 N–H and O–H groups in total. The average molecular weight is 339 g/mol. The average Bonchev–Trinajstić information content (AvgIpc) is 3.15. The van der Waals surface area contributed by atoms with Gasteiger partial charge in [-0.25, -0.2) is 4.98 Å². The molecule has 0 radical (unpaired) electrons. The van der Waals surface area contributed by atoms with Crippen molar-refractivity contribution < 1.29 is 4.79 Å². The number of hydrogen-bond donors (Lipinski definition) is 1. The lowest BCUT2D eigenvalue weighted by molar-refractivity contribution is -0.121. The number of imidazole rings is 1. The minimum absolute atomic E-state index is 0.179. The van der Waals surface area contributed by atoms with E-state index >= 15 is 0 Å². The number of amides is 1. The summed E-state index contributed by atoms with van der Waals surface area (Å²) in [6, 6.07) is 8.41. The Morgan fingerprint density at radius 3 is 2.60 bits per heavy atom. The normalized spacial score (nSPS) is 15.2. The fourth-order valence-corrected chi connectivity index (χ4v) is 3.67. The molecular weight excluding hydrogens is 310 g/mol. The third-order valence-corrected chi connectivity index (χ3v) is 5.18. The smallest absolute Gasteiger partial charge is 0.220 e. The Kier molecular flexibility index (Phi) is 6.66. The van der Waals surface area contributed by atoms with Gasteiger partial charge in [-0.05, 0) is 29.9 Å². The third-order valence-electron chi connectivity index (χ3n) is 5.18. The van der Waals surface area contributed by atoms with Gasteiger partial charge in [-0.3, -0.25) is 4.79 Å². The maximum atomic E-state index is 12.0. The minimum Gasteiger partial charge on any atom is -0.352 e. The standard InChI is InChI=1S/C21H29N3O/c25-21(8-4-7-18-5-2-1-3-6-18)23-15-19-9-11-20(12-10-19)16-24-14-13-22-17-24/h9-14,17-18H,1-8,15-16H2,(H,23,25). The first kappa shape index (κ1) is 17.7. The van der Waals surface area contributed by atoms with Gasteiger partial charge in [-0.15, -0.1) is 0 Å². The Labute approximate surface area is 150 Å². The molecule has 1 aliphatic rings. The summed E-state index contributed by atoms with van der Waals surface area (Å²) in [4.78, 5) is 16.1. The molecule has 1 aliphatic carbocycles. The first-order valence-electron chi connectivity index (χ1n) is 9.60. The van der Waals surface area contributed by atoms with Gasteiger partial charge in [-0.1, -0.05) is 56.4 Å². The molecule has 1 aromatic carbocycles. The molecule has 0 spiro atoms. The monoisotopic (exact) mass is 339 g/mol. The molecule has 1 saturated carbocycles. The predicted octanol–water partition coefficient (Wildman–Crippen LogP) is 4.30. The van der Waals surface area contributed by atoms with E-state index in [-0.39, 0.29) is 5.91 Å². The van der Waals surface area contributed by atoms with Crippen LogP contribution in [-0.4, -0.2) is 15.5 Å². The summed E-state index contributed by atoms with van der Waals surface area (Å²) in [5.74, 6) is 1.04. The Morgan fingerprint density at radius 2 is 1.88 bits per heavy atom. The first-order chi connectivity index (χ1) is 12.3. The number of nitrogens with one attached hydrogen (secondary N) is 1. The van der Waals surface area contributed by atoms with E-state index in [1.807, 2.05) is 17.1 Å². The zero-order valence-corrected chi connectivity index (χ0v) is 15.0. The first-order valence-corrected chi connectivity index (χ1v) is 9.60. The summed E-state index contributed by atoms with van der Waals surface area (Å²) in [5.41, 5.74) is 2.38. The molecule has 4 heteroatoms. The zero-order chi connectivity index (χ0) is 17.3. The molecule has 1 aromatic heterocycles. The third kappa shape index (κ3) is 6.04. The van der Waals surface area contributed by atoms with Crippen molar-refractivity contribution in [2.45, 2.75) is 64.5 Å². The second kappa shape index (κ2) is 9.40. The Balaban J connectivity index is 1.34. The van der Waals surface area contributed by atoms with Gasteiger partial charge in [0.25, 0.3) is 0 Å². The molecule has 0 saturated heterocycles. The van der Waals surface area contributed by atoms with E-state index in [1.165, 1.54) is 44.1 Å². The molecule has 25 heavy (non-hydrogen) atoms. The summed E-state index contributed by atoms with van der Waals surface area (Å²) in [6.07, 6.45) is 15.4. The number of benzene rings is 1. The fraction of sp³-hybridized carbons (Fsp3) is 0.524. The highest BCUT2D eigenvalue weighted by molar-refractivity contribution is 5.75. The minimum atomic E-state index is 0.179. The quantitative estimate of drug-likeness (QED) is 0.779. The van der Waals surface area contributed by atoms with Gasteiger partial charge in [0, 0.05) is 31.9 Å². The van der Waals surface area contributed by atoms with Gasteiger partial charge in [0.1, 0.15) is 0 Å². The molecular formula is C21H29N3O. The highest BCUT2D eigenvalue weighted by atomic mass is 16.1. The number of carbonyl (C=O) groups is 1. The van der Waals surface area contributed by atoms with Crippen LogP contribution in [0.25, 0.3) is 0 Å². The SMILES string of the molecule is O=C(CCCC1CCCCC1)NCc1ccc(Cn2ccnc2)cc1. The number of carbonyl (C=O) groups excluding carboxylic acids is 1. The van der Waals surface area contributed by atoms with Crippen LogP contribution in [0.3, 0.4) is 0 Å². The van der Waals surface area contributed by atoms with Crippen LogP contribution in [-0.2, 0) is 17.9 Å². The molecule has 2 aromatic rings. The van der Waals surface area contributed by atoms with E-state index in [1.54, 1.807) is 6.20 Å². The van der Waals surface area contributed by atoms with Crippen molar-refractivity contribution in [2.75, 3.05) is 0 Å². The van der Waals surface area contributed by atoms with Crippen molar-refractivity contribution in [1.29, 1.82) is 0 Å². The van der Waals surface area contributed by atoms with Crippen molar-refractivity contribution in [3.8, 4) is 0 Å². The number of rotatable bonds is 8. The van der Waals surface area contributed by atoms with Crippen molar-refractivity contribution in [3.05, 3.63) is 54.1 Å². The molecule has 0 unspecified atom stereocenters. The lowest BCUT2D eigenvalue weighted by atomic mass is 9.86. The lowest BCUT2D eigenvalue weighted by Crippen LogP contribution is -2.22. The molecule has 3 rings (SSSR count). The van der Waals surface area contributed by atoms with E-state index in [0.29, 0.717) is 13.0 Å². The molecule has 1 amide bonds. The molecule has 0 aliphatic heterocycles. The van der Waals surface area contributed by atoms with Crippen LogP contribution in [0.5, 0.6) is 0 Å². The Hall–Kier alpha value is -2.10. The molecule has 4 nitrogen and oxygen atoms in total. The second-order valence-electron chi connectivity index (χ2n) is 7.22. The zero-order valence-electron chi connectivity index (χ0n) is 15.0. The Morgan fingerprint density at radius 1 is 1.12 bits per heavy atom. The van der Waals surface area contributed by atoms with Crippen LogP contribution in [0.15, 0.2) is 43.0 Å². The van der Waals surface area contributed by atoms with Crippen LogP contribution in [0.2, 0.25) is 0 Å². The molecule has 1 heterocycles. The van der Waals surface area contributed by atoms with Gasteiger partial charge in [0.2, 0.25) is 5.91 Å². The second-order valence-corrected chi connectivity index (χ2v) is 7.22. The summed E-state index contributed by atoms with van der Waals surface area (Å²) in [5, 5.41) is 3.05. The van der Waals surface area contributed by atoms with Crippen molar-refractivity contribution in [3.63, 3.8) is 0 Å². The van der Waals surface area contributed by atoms with Gasteiger partial charge in [-0.2, -0.15) is 0 Å². The van der Waals surface area contributed by atoms with E-state index in [0.717, 1.165) is 24.4 Å². The van der Waals surface area contributed by atoms with E-state index in [4.69, 9.17) is 0 Å². The van der Waals surface area contributed by atoms with E-state index in [2.05, 4.69) is 34.6 Å². The summed E-state index contributed by atoms with van der Waals surface area (Å²) in [7, 11) is 0. The highest BCUT2D eigenvalue weighted by Crippen LogP contribution is 2.27. The predicted molar refractivity (Wildman–Crippen MR) is 100 cm³/mol. The summed E-state index contributed by atoms with van der Waals surface area (Å²) >= 11 is 0. The topological polar surface area (TPSA) is 46.9 Å². The fourth-order valence-electron chi connectivity index (χ4n) is 3.67. The molecule has 134 valence electrons. The number of nitrogens with zero attached hydrogens (tertiary/aromatic N) is 2. The summed E-state index contributed by atoms with van der Waals surface area (Å²) < 4.78 is 2.04. The highest BCUT2D eigenvalue weighted by Gasteiger charge is 2.13. The lowest BCUT2D eigenvalue weighted by Gasteiger charge is -2.21. The van der Waals surface area contributed by atoms with Crippen LogP contribution < -0.4 is 5.32 Å². The van der Waals surface area contributed by atoms with Gasteiger partial charge >= 0.3 is 0 Å². The van der Waals surface area contributed by atoms with E-state index < -0.39 is 0 Å². The van der Waals surface area contributed by atoms with Gasteiger partial charge in [0.15, 0.2) is 0 Å². The van der Waals surface area contributed by atoms with Crippen molar-refractivity contribution in [2.24, 2.45) is 5.92 Å². The number of hydrogen-bond acceptors (Lipinski definition) is 2. The van der Waals surface area contributed by atoms with Gasteiger partial charge < -0.3 is 9.88 Å².